The highest BCUT2D eigenvalue weighted by Crippen LogP contribution is 2.16. The van der Waals surface area contributed by atoms with E-state index in [1.54, 1.807) is 6.07 Å². The average Bonchev–Trinajstić information content (AvgIpc) is 2.35. The average molecular weight is 300 g/mol. The normalized spacial score (nSPS) is 10.8. The van der Waals surface area contributed by atoms with Gasteiger partial charge in [0.1, 0.15) is 17.5 Å². The zero-order chi connectivity index (χ0) is 14.5. The van der Waals surface area contributed by atoms with Crippen molar-refractivity contribution in [3.8, 4) is 0 Å². The fourth-order valence-electron chi connectivity index (χ4n) is 1.88. The van der Waals surface area contributed by atoms with Gasteiger partial charge in [0.25, 0.3) is 0 Å². The molecule has 0 atom stereocenters. The highest BCUT2D eigenvalue weighted by molar-refractivity contribution is 6.31. The third kappa shape index (κ3) is 4.25. The minimum atomic E-state index is -0.582. The van der Waals surface area contributed by atoms with Crippen molar-refractivity contribution in [2.45, 2.75) is 13.0 Å². The van der Waals surface area contributed by atoms with E-state index in [1.165, 1.54) is 24.3 Å². The van der Waals surface area contributed by atoms with Crippen LogP contribution in [0, 0.1) is 17.5 Å². The third-order valence-electron chi connectivity index (χ3n) is 2.84. The lowest BCUT2D eigenvalue weighted by Crippen LogP contribution is -2.17. The summed E-state index contributed by atoms with van der Waals surface area (Å²) in [6.07, 6.45) is 0.494. The van der Waals surface area contributed by atoms with Crippen molar-refractivity contribution in [3.63, 3.8) is 0 Å². The molecule has 0 amide bonds. The smallest absolute Gasteiger partial charge is 0.126 e. The van der Waals surface area contributed by atoms with Gasteiger partial charge in [0.15, 0.2) is 0 Å². The molecular formula is C15H13ClF3N. The second-order valence-corrected chi connectivity index (χ2v) is 4.85. The van der Waals surface area contributed by atoms with Crippen molar-refractivity contribution in [3.05, 3.63) is 70.0 Å². The van der Waals surface area contributed by atoms with Crippen LogP contribution in [0.2, 0.25) is 5.02 Å². The molecule has 2 aromatic rings. The Bertz CT molecular complexity index is 581. The van der Waals surface area contributed by atoms with Crippen LogP contribution in [-0.2, 0) is 13.0 Å². The fourth-order valence-corrected chi connectivity index (χ4v) is 2.11. The molecule has 0 aromatic heterocycles. The van der Waals surface area contributed by atoms with Crippen LogP contribution in [0.25, 0.3) is 0 Å². The third-order valence-corrected chi connectivity index (χ3v) is 3.20. The molecule has 1 N–H and O–H groups in total. The number of halogens is 4. The molecule has 0 bridgehead atoms. The summed E-state index contributed by atoms with van der Waals surface area (Å²) in [6, 6.07) is 7.64. The van der Waals surface area contributed by atoms with Gasteiger partial charge in [-0.3, -0.25) is 0 Å². The van der Waals surface area contributed by atoms with E-state index in [1.807, 2.05) is 0 Å². The molecule has 0 saturated carbocycles. The Morgan fingerprint density at radius 1 is 0.900 bits per heavy atom. The molecule has 2 aromatic carbocycles. The van der Waals surface area contributed by atoms with Crippen LogP contribution >= 0.6 is 11.6 Å². The fraction of sp³-hybridized carbons (Fsp3) is 0.200. The number of nitrogens with one attached hydrogen (secondary N) is 1. The van der Waals surface area contributed by atoms with Crippen LogP contribution in [-0.4, -0.2) is 6.54 Å². The topological polar surface area (TPSA) is 12.0 Å². The van der Waals surface area contributed by atoms with Gasteiger partial charge >= 0.3 is 0 Å². The monoisotopic (exact) mass is 299 g/mol. The largest absolute Gasteiger partial charge is 0.312 e. The molecule has 106 valence electrons. The molecule has 0 aliphatic carbocycles. The van der Waals surface area contributed by atoms with E-state index in [-0.39, 0.29) is 5.82 Å². The van der Waals surface area contributed by atoms with E-state index in [2.05, 4.69) is 5.32 Å². The second kappa shape index (κ2) is 6.77. The molecule has 0 radical (unpaired) electrons. The molecule has 5 heteroatoms. The molecule has 2 rings (SSSR count). The first-order chi connectivity index (χ1) is 9.54. The van der Waals surface area contributed by atoms with E-state index in [0.717, 1.165) is 11.6 Å². The van der Waals surface area contributed by atoms with Gasteiger partial charge in [-0.25, -0.2) is 13.2 Å². The van der Waals surface area contributed by atoms with Gasteiger partial charge in [0, 0.05) is 17.6 Å². The Balaban J connectivity index is 1.84. The molecule has 0 unspecified atom stereocenters. The first kappa shape index (κ1) is 14.9. The van der Waals surface area contributed by atoms with Gasteiger partial charge in [-0.2, -0.15) is 0 Å². The molecule has 20 heavy (non-hydrogen) atoms. The maximum Gasteiger partial charge on any atom is 0.126 e. The Kier molecular flexibility index (Phi) is 5.04. The summed E-state index contributed by atoms with van der Waals surface area (Å²) >= 11 is 5.89. The summed E-state index contributed by atoms with van der Waals surface area (Å²) in [6.45, 7) is 1.01. The molecule has 0 saturated heterocycles. The van der Waals surface area contributed by atoms with Crippen LogP contribution in [0.15, 0.2) is 36.4 Å². The Labute approximate surface area is 120 Å². The Morgan fingerprint density at radius 2 is 1.60 bits per heavy atom. The van der Waals surface area contributed by atoms with Crippen molar-refractivity contribution in [2.24, 2.45) is 0 Å². The lowest BCUT2D eigenvalue weighted by atomic mass is 10.1. The SMILES string of the molecule is Fc1cc(F)cc(CCNCc2ccc(F)cc2Cl)c1. The summed E-state index contributed by atoms with van der Waals surface area (Å²) in [5.74, 6) is -1.54. The summed E-state index contributed by atoms with van der Waals surface area (Å²) in [4.78, 5) is 0. The summed E-state index contributed by atoms with van der Waals surface area (Å²) in [5.41, 5.74) is 1.36. The molecule has 0 fully saturated rings. The zero-order valence-electron chi connectivity index (χ0n) is 10.6. The van der Waals surface area contributed by atoms with E-state index >= 15 is 0 Å². The summed E-state index contributed by atoms with van der Waals surface area (Å²) in [5, 5.41) is 3.45. The van der Waals surface area contributed by atoms with Crippen molar-refractivity contribution >= 4 is 11.6 Å². The molecule has 0 aliphatic heterocycles. The first-order valence-corrected chi connectivity index (χ1v) is 6.52. The Morgan fingerprint density at radius 3 is 2.25 bits per heavy atom. The van der Waals surface area contributed by atoms with Gasteiger partial charge in [-0.05, 0) is 48.4 Å². The van der Waals surface area contributed by atoms with Crippen molar-refractivity contribution in [1.29, 1.82) is 0 Å². The minimum absolute atomic E-state index is 0.356. The maximum atomic E-state index is 13.0. The van der Waals surface area contributed by atoms with E-state index < -0.39 is 11.6 Å². The van der Waals surface area contributed by atoms with Gasteiger partial charge in [-0.1, -0.05) is 17.7 Å². The highest BCUT2D eigenvalue weighted by Gasteiger charge is 2.03. The van der Waals surface area contributed by atoms with Gasteiger partial charge < -0.3 is 5.32 Å². The molecule has 0 aliphatic rings. The molecule has 0 spiro atoms. The molecule has 0 heterocycles. The molecular weight excluding hydrogens is 287 g/mol. The lowest BCUT2D eigenvalue weighted by molar-refractivity contribution is 0.577. The number of hydrogen-bond acceptors (Lipinski definition) is 1. The van der Waals surface area contributed by atoms with Crippen molar-refractivity contribution in [1.82, 2.24) is 5.32 Å². The van der Waals surface area contributed by atoms with Gasteiger partial charge in [-0.15, -0.1) is 0 Å². The zero-order valence-corrected chi connectivity index (χ0v) is 11.4. The second-order valence-electron chi connectivity index (χ2n) is 4.44. The van der Waals surface area contributed by atoms with Gasteiger partial charge in [0.05, 0.1) is 0 Å². The van der Waals surface area contributed by atoms with E-state index in [0.29, 0.717) is 30.1 Å². The number of rotatable bonds is 5. The molecule has 1 nitrogen and oxygen atoms in total. The van der Waals surface area contributed by atoms with Crippen LogP contribution < -0.4 is 5.32 Å². The predicted octanol–water partition coefficient (Wildman–Crippen LogP) is 4.09. The quantitative estimate of drug-likeness (QED) is 0.820. The maximum absolute atomic E-state index is 13.0. The van der Waals surface area contributed by atoms with Crippen LogP contribution in [0.4, 0.5) is 13.2 Å². The van der Waals surface area contributed by atoms with Crippen molar-refractivity contribution < 1.29 is 13.2 Å². The van der Waals surface area contributed by atoms with E-state index in [4.69, 9.17) is 11.6 Å². The van der Waals surface area contributed by atoms with E-state index in [9.17, 15) is 13.2 Å². The van der Waals surface area contributed by atoms with Crippen LogP contribution in [0.3, 0.4) is 0 Å². The standard InChI is InChI=1S/C15H13ClF3N/c16-15-8-12(17)2-1-11(15)9-20-4-3-10-5-13(18)7-14(19)6-10/h1-2,5-8,20H,3-4,9H2. The lowest BCUT2D eigenvalue weighted by Gasteiger charge is -2.07. The van der Waals surface area contributed by atoms with Crippen LogP contribution in [0.1, 0.15) is 11.1 Å². The van der Waals surface area contributed by atoms with Crippen LogP contribution in [0.5, 0.6) is 0 Å². The summed E-state index contributed by atoms with van der Waals surface area (Å²) < 4.78 is 38.8. The summed E-state index contributed by atoms with van der Waals surface area (Å²) in [7, 11) is 0. The van der Waals surface area contributed by atoms with Gasteiger partial charge in [0.2, 0.25) is 0 Å². The number of benzene rings is 2. The Hall–Kier alpha value is -1.52. The predicted molar refractivity (Wildman–Crippen MR) is 73.2 cm³/mol. The van der Waals surface area contributed by atoms with Crippen molar-refractivity contribution in [2.75, 3.05) is 6.54 Å². The minimum Gasteiger partial charge on any atom is -0.312 e. The first-order valence-electron chi connectivity index (χ1n) is 6.14. The highest BCUT2D eigenvalue weighted by atomic mass is 35.5. The number of hydrogen-bond donors (Lipinski definition) is 1.